The molecule has 0 aliphatic heterocycles. The van der Waals surface area contributed by atoms with Gasteiger partial charge in [0.15, 0.2) is 0 Å². The normalized spacial score (nSPS) is 11.1. The fraction of sp³-hybridized carbons (Fsp3) is 0.0833. The van der Waals surface area contributed by atoms with Crippen LogP contribution in [0.3, 0.4) is 0 Å². The Morgan fingerprint density at radius 3 is 2.76 bits per heavy atom. The molecule has 1 aromatic heterocycles. The third kappa shape index (κ3) is 1.82. The maximum absolute atomic E-state index is 11.3. The fourth-order valence-electron chi connectivity index (χ4n) is 1.78. The zero-order valence-corrected chi connectivity index (χ0v) is 9.08. The molecule has 86 valence electrons. The molecule has 0 aliphatic carbocycles. The molecule has 2 aromatic rings. The number of benzene rings is 1. The van der Waals surface area contributed by atoms with Crippen LogP contribution in [0, 0.1) is 6.92 Å². The van der Waals surface area contributed by atoms with Gasteiger partial charge in [-0.25, -0.2) is 9.78 Å². The molecular formula is C12H10N2O3. The van der Waals surface area contributed by atoms with Crippen molar-refractivity contribution in [2.75, 3.05) is 0 Å². The number of hydrogen-bond acceptors (Lipinski definition) is 4. The van der Waals surface area contributed by atoms with E-state index in [2.05, 4.69) is 10.1 Å². The molecule has 5 nitrogen and oxygen atoms in total. The lowest BCUT2D eigenvalue weighted by Gasteiger charge is -2.08. The van der Waals surface area contributed by atoms with Gasteiger partial charge in [0.2, 0.25) is 0 Å². The van der Waals surface area contributed by atoms with Crippen LogP contribution in [0.25, 0.3) is 10.9 Å². The van der Waals surface area contributed by atoms with Crippen molar-refractivity contribution in [2.45, 2.75) is 6.92 Å². The Hall–Kier alpha value is -2.43. The average Bonchev–Trinajstić information content (AvgIpc) is 2.30. The first-order valence-corrected chi connectivity index (χ1v) is 4.95. The molecule has 0 fully saturated rings. The molecule has 2 rings (SSSR count). The summed E-state index contributed by atoms with van der Waals surface area (Å²) in [5.74, 6) is -1.02. The van der Waals surface area contributed by atoms with Crippen molar-refractivity contribution >= 4 is 23.1 Å². The number of aromatic nitrogens is 1. The van der Waals surface area contributed by atoms with Crippen molar-refractivity contribution in [3.8, 4) is 0 Å². The van der Waals surface area contributed by atoms with Gasteiger partial charge in [-0.1, -0.05) is 23.4 Å². The van der Waals surface area contributed by atoms with Crippen molar-refractivity contribution in [2.24, 2.45) is 5.16 Å². The van der Waals surface area contributed by atoms with Crippen LogP contribution in [0.2, 0.25) is 0 Å². The Kier molecular flexibility index (Phi) is 2.74. The minimum absolute atomic E-state index is 0.186. The van der Waals surface area contributed by atoms with Crippen LogP contribution in [0.4, 0.5) is 0 Å². The van der Waals surface area contributed by atoms with Gasteiger partial charge in [0.05, 0.1) is 23.0 Å². The monoisotopic (exact) mass is 230 g/mol. The predicted molar refractivity (Wildman–Crippen MR) is 62.8 cm³/mol. The summed E-state index contributed by atoms with van der Waals surface area (Å²) in [6.07, 6.45) is 1.13. The fourth-order valence-corrected chi connectivity index (χ4v) is 1.78. The molecule has 0 bridgehead atoms. The van der Waals surface area contributed by atoms with Crippen molar-refractivity contribution < 1.29 is 15.1 Å². The summed E-state index contributed by atoms with van der Waals surface area (Å²) in [4.78, 5) is 15.5. The molecule has 1 heterocycles. The van der Waals surface area contributed by atoms with Gasteiger partial charge in [0, 0.05) is 5.39 Å². The molecule has 0 unspecified atom stereocenters. The summed E-state index contributed by atoms with van der Waals surface area (Å²) in [5.41, 5.74) is 1.58. The largest absolute Gasteiger partial charge is 0.478 e. The SMILES string of the molecule is Cc1c(/C=N\O)nc2ccccc2c1C(=O)O. The number of oxime groups is 1. The van der Waals surface area contributed by atoms with Crippen LogP contribution in [0.5, 0.6) is 0 Å². The molecule has 0 amide bonds. The van der Waals surface area contributed by atoms with E-state index >= 15 is 0 Å². The highest BCUT2D eigenvalue weighted by atomic mass is 16.4. The molecular weight excluding hydrogens is 220 g/mol. The van der Waals surface area contributed by atoms with Gasteiger partial charge < -0.3 is 10.3 Å². The molecule has 0 saturated carbocycles. The number of hydrogen-bond donors (Lipinski definition) is 2. The lowest BCUT2D eigenvalue weighted by molar-refractivity contribution is 0.0698. The van der Waals surface area contributed by atoms with Crippen LogP contribution < -0.4 is 0 Å². The maximum atomic E-state index is 11.3. The van der Waals surface area contributed by atoms with Gasteiger partial charge >= 0.3 is 5.97 Å². The van der Waals surface area contributed by atoms with Crippen molar-refractivity contribution in [3.05, 3.63) is 41.1 Å². The van der Waals surface area contributed by atoms with Gasteiger partial charge in [-0.2, -0.15) is 0 Å². The van der Waals surface area contributed by atoms with Crippen LogP contribution in [0.15, 0.2) is 29.4 Å². The Bertz CT molecular complexity index is 620. The quantitative estimate of drug-likeness (QED) is 0.470. The number of carboxylic acid groups (broad SMARTS) is 1. The number of carboxylic acids is 1. The summed E-state index contributed by atoms with van der Waals surface area (Å²) in [6, 6.07) is 6.96. The summed E-state index contributed by atoms with van der Waals surface area (Å²) < 4.78 is 0. The zero-order chi connectivity index (χ0) is 12.4. The lowest BCUT2D eigenvalue weighted by Crippen LogP contribution is -2.06. The molecule has 0 aliphatic rings. The molecule has 0 saturated heterocycles. The molecule has 17 heavy (non-hydrogen) atoms. The molecule has 0 spiro atoms. The Balaban J connectivity index is 2.90. The second-order valence-corrected chi connectivity index (χ2v) is 3.56. The number of aromatic carboxylic acids is 1. The van der Waals surface area contributed by atoms with E-state index in [-0.39, 0.29) is 5.56 Å². The molecule has 2 N–H and O–H groups in total. The molecule has 0 radical (unpaired) electrons. The first-order chi connectivity index (χ1) is 8.15. The highest BCUT2D eigenvalue weighted by Gasteiger charge is 2.15. The van der Waals surface area contributed by atoms with E-state index in [1.54, 1.807) is 31.2 Å². The third-order valence-corrected chi connectivity index (χ3v) is 2.57. The summed E-state index contributed by atoms with van der Waals surface area (Å²) in [5, 5.41) is 21.2. The maximum Gasteiger partial charge on any atom is 0.336 e. The van der Waals surface area contributed by atoms with Gasteiger partial charge in [0.25, 0.3) is 0 Å². The minimum Gasteiger partial charge on any atom is -0.478 e. The van der Waals surface area contributed by atoms with E-state index in [1.807, 2.05) is 0 Å². The predicted octanol–water partition coefficient (Wildman–Crippen LogP) is 2.05. The standard InChI is InChI=1S/C12H10N2O3/c1-7-10(6-13-17)14-9-5-3-2-4-8(9)11(7)12(15)16/h2-6,17H,1H3,(H,15,16)/b13-6-. The summed E-state index contributed by atoms with van der Waals surface area (Å²) in [7, 11) is 0. The van der Waals surface area contributed by atoms with E-state index in [1.165, 1.54) is 0 Å². The molecule has 5 heteroatoms. The highest BCUT2D eigenvalue weighted by molar-refractivity contribution is 6.05. The number of fused-ring (bicyclic) bond motifs is 1. The van der Waals surface area contributed by atoms with Crippen LogP contribution in [-0.2, 0) is 0 Å². The molecule has 0 atom stereocenters. The molecule has 1 aromatic carbocycles. The van der Waals surface area contributed by atoms with Crippen molar-refractivity contribution in [1.29, 1.82) is 0 Å². The smallest absolute Gasteiger partial charge is 0.336 e. The van der Waals surface area contributed by atoms with Gasteiger partial charge in [0.1, 0.15) is 0 Å². The zero-order valence-electron chi connectivity index (χ0n) is 9.08. The number of pyridine rings is 1. The van der Waals surface area contributed by atoms with Crippen LogP contribution in [0.1, 0.15) is 21.6 Å². The van der Waals surface area contributed by atoms with Crippen molar-refractivity contribution in [3.63, 3.8) is 0 Å². The van der Waals surface area contributed by atoms with E-state index in [4.69, 9.17) is 5.21 Å². The number of rotatable bonds is 2. The Labute approximate surface area is 97.0 Å². The average molecular weight is 230 g/mol. The van der Waals surface area contributed by atoms with E-state index in [9.17, 15) is 9.90 Å². The minimum atomic E-state index is -1.02. The highest BCUT2D eigenvalue weighted by Crippen LogP contribution is 2.22. The Morgan fingerprint density at radius 2 is 2.12 bits per heavy atom. The van der Waals surface area contributed by atoms with E-state index in [0.717, 1.165) is 6.21 Å². The second-order valence-electron chi connectivity index (χ2n) is 3.56. The lowest BCUT2D eigenvalue weighted by atomic mass is 10.0. The number of carbonyl (C=O) groups is 1. The third-order valence-electron chi connectivity index (χ3n) is 2.57. The number of nitrogens with zero attached hydrogens (tertiary/aromatic N) is 2. The van der Waals surface area contributed by atoms with E-state index in [0.29, 0.717) is 22.2 Å². The Morgan fingerprint density at radius 1 is 1.41 bits per heavy atom. The van der Waals surface area contributed by atoms with Gasteiger partial charge in [-0.3, -0.25) is 0 Å². The van der Waals surface area contributed by atoms with Crippen molar-refractivity contribution in [1.82, 2.24) is 4.98 Å². The first kappa shape index (κ1) is 11.1. The van der Waals surface area contributed by atoms with Gasteiger partial charge in [-0.15, -0.1) is 0 Å². The van der Waals surface area contributed by atoms with Crippen LogP contribution >= 0.6 is 0 Å². The summed E-state index contributed by atoms with van der Waals surface area (Å²) >= 11 is 0. The van der Waals surface area contributed by atoms with E-state index < -0.39 is 5.97 Å². The first-order valence-electron chi connectivity index (χ1n) is 4.95. The summed E-state index contributed by atoms with van der Waals surface area (Å²) in [6.45, 7) is 1.64. The van der Waals surface area contributed by atoms with Crippen LogP contribution in [-0.4, -0.2) is 27.5 Å². The second kappa shape index (κ2) is 4.21. The number of para-hydroxylation sites is 1. The van der Waals surface area contributed by atoms with Gasteiger partial charge in [-0.05, 0) is 18.6 Å². The topological polar surface area (TPSA) is 82.8 Å².